The minimum absolute atomic E-state index is 0.481. The molecule has 4 N–H and O–H groups in total. The number of fused-ring (bicyclic) bond motifs is 1. The lowest BCUT2D eigenvalue weighted by atomic mass is 10.4. The Kier molecular flexibility index (Phi) is 0.730. The van der Waals surface area contributed by atoms with E-state index in [1.807, 2.05) is 5.01 Å². The summed E-state index contributed by atoms with van der Waals surface area (Å²) >= 11 is 0. The first-order valence-corrected chi connectivity index (χ1v) is 3.04. The zero-order valence-corrected chi connectivity index (χ0v) is 4.75. The monoisotopic (exact) mass is 113 g/mol. The van der Waals surface area contributed by atoms with Crippen molar-refractivity contribution < 1.29 is 0 Å². The van der Waals surface area contributed by atoms with Crippen LogP contribution in [0.1, 0.15) is 0 Å². The van der Waals surface area contributed by atoms with Crippen molar-refractivity contribution in [2.45, 2.75) is 6.04 Å². The van der Waals surface area contributed by atoms with Gasteiger partial charge in [0.25, 0.3) is 0 Å². The highest BCUT2D eigenvalue weighted by molar-refractivity contribution is 5.07. The predicted molar refractivity (Wildman–Crippen MR) is 30.7 cm³/mol. The van der Waals surface area contributed by atoms with E-state index in [0.29, 0.717) is 6.04 Å². The molecule has 1 saturated heterocycles. The molecule has 0 aromatic heterocycles. The number of piperidine rings is 1. The van der Waals surface area contributed by atoms with Crippen LogP contribution in [-0.4, -0.2) is 24.1 Å². The summed E-state index contributed by atoms with van der Waals surface area (Å²) in [7, 11) is 0. The van der Waals surface area contributed by atoms with Gasteiger partial charge in [0, 0.05) is 19.1 Å². The van der Waals surface area contributed by atoms with Gasteiger partial charge < -0.3 is 5.73 Å². The van der Waals surface area contributed by atoms with Crippen LogP contribution in [-0.2, 0) is 0 Å². The first kappa shape index (κ1) is 4.73. The SMILES string of the molecule is NC1C2CN(N)C[C@@H]12. The molecule has 3 heteroatoms. The van der Waals surface area contributed by atoms with Crippen LogP contribution in [0.2, 0.25) is 0 Å². The second-order valence-corrected chi connectivity index (χ2v) is 2.86. The maximum Gasteiger partial charge on any atom is 0.0175 e. The minimum Gasteiger partial charge on any atom is -0.327 e. The van der Waals surface area contributed by atoms with Crippen molar-refractivity contribution >= 4 is 0 Å². The van der Waals surface area contributed by atoms with Crippen LogP contribution in [0.25, 0.3) is 0 Å². The van der Waals surface area contributed by atoms with Gasteiger partial charge in [0.15, 0.2) is 0 Å². The van der Waals surface area contributed by atoms with Crippen LogP contribution in [0.15, 0.2) is 0 Å². The lowest BCUT2D eigenvalue weighted by Crippen LogP contribution is -2.33. The summed E-state index contributed by atoms with van der Waals surface area (Å²) in [6.45, 7) is 2.04. The van der Waals surface area contributed by atoms with E-state index < -0.39 is 0 Å². The van der Waals surface area contributed by atoms with Gasteiger partial charge in [-0.2, -0.15) is 0 Å². The van der Waals surface area contributed by atoms with E-state index in [0.717, 1.165) is 24.9 Å². The normalized spacial score (nSPS) is 54.0. The number of hydrazine groups is 1. The largest absolute Gasteiger partial charge is 0.327 e. The predicted octanol–water partition coefficient (Wildman–Crippen LogP) is -1.25. The van der Waals surface area contributed by atoms with E-state index in [-0.39, 0.29) is 0 Å². The number of rotatable bonds is 0. The van der Waals surface area contributed by atoms with Crippen molar-refractivity contribution in [1.29, 1.82) is 0 Å². The molecule has 2 unspecified atom stereocenters. The number of nitrogens with two attached hydrogens (primary N) is 2. The lowest BCUT2D eigenvalue weighted by molar-refractivity contribution is 0.309. The molecule has 1 saturated carbocycles. The highest BCUT2D eigenvalue weighted by Crippen LogP contribution is 2.42. The molecule has 46 valence electrons. The van der Waals surface area contributed by atoms with Crippen LogP contribution in [0, 0.1) is 11.8 Å². The fraction of sp³-hybridized carbons (Fsp3) is 1.00. The van der Waals surface area contributed by atoms with Crippen molar-refractivity contribution in [1.82, 2.24) is 5.01 Å². The van der Waals surface area contributed by atoms with Crippen LogP contribution < -0.4 is 11.6 Å². The first-order chi connectivity index (χ1) is 3.79. The lowest BCUT2D eigenvalue weighted by Gasteiger charge is -2.09. The molecule has 0 aromatic carbocycles. The Bertz CT molecular complexity index is 102. The van der Waals surface area contributed by atoms with Crippen molar-refractivity contribution in [3.8, 4) is 0 Å². The van der Waals surface area contributed by atoms with Gasteiger partial charge in [0.2, 0.25) is 0 Å². The Morgan fingerprint density at radius 3 is 2.12 bits per heavy atom. The molecule has 8 heavy (non-hydrogen) atoms. The third-order valence-electron chi connectivity index (χ3n) is 2.29. The smallest absolute Gasteiger partial charge is 0.0175 e. The van der Waals surface area contributed by atoms with Crippen molar-refractivity contribution in [2.24, 2.45) is 23.4 Å². The first-order valence-electron chi connectivity index (χ1n) is 3.04. The van der Waals surface area contributed by atoms with Crippen LogP contribution in [0.5, 0.6) is 0 Å². The second-order valence-electron chi connectivity index (χ2n) is 2.86. The molecule has 0 amide bonds. The molecule has 0 radical (unpaired) electrons. The Hall–Kier alpha value is -0.120. The minimum atomic E-state index is 0.481. The summed E-state index contributed by atoms with van der Waals surface area (Å²) in [5.41, 5.74) is 5.65. The Labute approximate surface area is 48.6 Å². The van der Waals surface area contributed by atoms with Crippen LogP contribution in [0.4, 0.5) is 0 Å². The fourth-order valence-electron chi connectivity index (χ4n) is 1.60. The molecule has 0 spiro atoms. The molecule has 2 aliphatic rings. The summed E-state index contributed by atoms with van der Waals surface area (Å²) in [4.78, 5) is 0. The molecule has 1 heterocycles. The number of nitrogens with zero attached hydrogens (tertiary/aromatic N) is 1. The second kappa shape index (κ2) is 1.23. The molecular weight excluding hydrogens is 102 g/mol. The maximum absolute atomic E-state index is 5.65. The average Bonchev–Trinajstić information content (AvgIpc) is 2.29. The molecule has 0 bridgehead atoms. The maximum atomic E-state index is 5.65. The molecule has 1 aliphatic heterocycles. The third kappa shape index (κ3) is 0.438. The molecule has 3 nitrogen and oxygen atoms in total. The summed E-state index contributed by atoms with van der Waals surface area (Å²) < 4.78 is 0. The topological polar surface area (TPSA) is 55.3 Å². The van der Waals surface area contributed by atoms with Gasteiger partial charge in [0.1, 0.15) is 0 Å². The Morgan fingerprint density at radius 1 is 1.25 bits per heavy atom. The van der Waals surface area contributed by atoms with Gasteiger partial charge in [-0.25, -0.2) is 5.01 Å². The van der Waals surface area contributed by atoms with Gasteiger partial charge in [0.05, 0.1) is 0 Å². The van der Waals surface area contributed by atoms with E-state index >= 15 is 0 Å². The van der Waals surface area contributed by atoms with Crippen LogP contribution in [0.3, 0.4) is 0 Å². The zero-order chi connectivity index (χ0) is 5.72. The fourth-order valence-corrected chi connectivity index (χ4v) is 1.60. The van der Waals surface area contributed by atoms with E-state index in [1.54, 1.807) is 0 Å². The van der Waals surface area contributed by atoms with Gasteiger partial charge in [-0.05, 0) is 11.8 Å². The Morgan fingerprint density at radius 2 is 1.75 bits per heavy atom. The molecule has 0 aromatic rings. The van der Waals surface area contributed by atoms with Crippen molar-refractivity contribution in [2.75, 3.05) is 13.1 Å². The summed E-state index contributed by atoms with van der Waals surface area (Å²) in [5.74, 6) is 6.97. The van der Waals surface area contributed by atoms with Gasteiger partial charge in [-0.1, -0.05) is 0 Å². The van der Waals surface area contributed by atoms with E-state index in [1.165, 1.54) is 0 Å². The van der Waals surface area contributed by atoms with Crippen molar-refractivity contribution in [3.05, 3.63) is 0 Å². The summed E-state index contributed by atoms with van der Waals surface area (Å²) in [6, 6.07) is 0.481. The number of hydrogen-bond acceptors (Lipinski definition) is 3. The summed E-state index contributed by atoms with van der Waals surface area (Å²) in [6.07, 6.45) is 0. The third-order valence-corrected chi connectivity index (χ3v) is 2.29. The standard InChI is InChI=1S/C5H11N3/c6-5-3-1-8(7)2-4(3)5/h3-5H,1-2,6-7H2/t3-,4?,5?/m1/s1. The molecule has 2 fully saturated rings. The van der Waals surface area contributed by atoms with E-state index in [4.69, 9.17) is 11.6 Å². The number of hydrogen-bond donors (Lipinski definition) is 2. The van der Waals surface area contributed by atoms with Crippen LogP contribution >= 0.6 is 0 Å². The van der Waals surface area contributed by atoms with Crippen molar-refractivity contribution in [3.63, 3.8) is 0 Å². The molecular formula is C5H11N3. The highest BCUT2D eigenvalue weighted by atomic mass is 15.4. The average molecular weight is 113 g/mol. The van der Waals surface area contributed by atoms with Gasteiger partial charge >= 0.3 is 0 Å². The quantitative estimate of drug-likeness (QED) is 0.386. The summed E-state index contributed by atoms with van der Waals surface area (Å²) in [5, 5.41) is 1.86. The highest BCUT2D eigenvalue weighted by Gasteiger charge is 2.52. The zero-order valence-electron chi connectivity index (χ0n) is 4.75. The Balaban J connectivity index is 2.00. The van der Waals surface area contributed by atoms with E-state index in [9.17, 15) is 0 Å². The van der Waals surface area contributed by atoms with Gasteiger partial charge in [-0.3, -0.25) is 5.84 Å². The van der Waals surface area contributed by atoms with E-state index in [2.05, 4.69) is 0 Å². The molecule has 1 aliphatic carbocycles. The van der Waals surface area contributed by atoms with Gasteiger partial charge in [-0.15, -0.1) is 0 Å². The molecule has 2 rings (SSSR count). The molecule has 3 atom stereocenters.